The predicted molar refractivity (Wildman–Crippen MR) is 70.6 cm³/mol. The van der Waals surface area contributed by atoms with E-state index >= 15 is 0 Å². The van der Waals surface area contributed by atoms with Crippen LogP contribution in [0.3, 0.4) is 0 Å². The van der Waals surface area contributed by atoms with Crippen molar-refractivity contribution in [1.82, 2.24) is 10.3 Å². The number of pyridine rings is 1. The van der Waals surface area contributed by atoms with Crippen molar-refractivity contribution < 1.29 is 4.39 Å². The van der Waals surface area contributed by atoms with Gasteiger partial charge in [0, 0.05) is 18.1 Å². The van der Waals surface area contributed by atoms with Crippen LogP contribution >= 0.6 is 0 Å². The van der Waals surface area contributed by atoms with Gasteiger partial charge in [-0.2, -0.15) is 0 Å². The molecule has 0 spiro atoms. The molecule has 1 fully saturated rings. The van der Waals surface area contributed by atoms with Gasteiger partial charge in [-0.25, -0.2) is 4.39 Å². The lowest BCUT2D eigenvalue weighted by Gasteiger charge is -2.30. The number of nitrogens with two attached hydrogens (primary N) is 1. The SMILES string of the molecule is CCC(NC1CCC(N)CC1)c1ccc(F)cn1. The molecule has 1 aliphatic rings. The number of hydrogen-bond acceptors (Lipinski definition) is 3. The number of nitrogens with zero attached hydrogens (tertiary/aromatic N) is 1. The largest absolute Gasteiger partial charge is 0.328 e. The molecular weight excluding hydrogens is 229 g/mol. The van der Waals surface area contributed by atoms with Crippen LogP contribution in [0.25, 0.3) is 0 Å². The lowest BCUT2D eigenvalue weighted by Crippen LogP contribution is -2.39. The normalized spacial score (nSPS) is 25.9. The van der Waals surface area contributed by atoms with E-state index in [9.17, 15) is 4.39 Å². The standard InChI is InChI=1S/C14H22FN3/c1-2-13(14-8-3-10(15)9-17-14)18-12-6-4-11(16)5-7-12/h3,8-9,11-13,18H,2,4-7,16H2,1H3. The van der Waals surface area contributed by atoms with Crippen molar-refractivity contribution in [3.8, 4) is 0 Å². The molecule has 1 heterocycles. The maximum atomic E-state index is 12.9. The van der Waals surface area contributed by atoms with Crippen LogP contribution in [0.2, 0.25) is 0 Å². The van der Waals surface area contributed by atoms with Gasteiger partial charge in [0.15, 0.2) is 0 Å². The first-order valence-electron chi connectivity index (χ1n) is 6.82. The van der Waals surface area contributed by atoms with E-state index in [2.05, 4.69) is 17.2 Å². The Kier molecular flexibility index (Phi) is 4.66. The number of nitrogens with one attached hydrogen (secondary N) is 1. The van der Waals surface area contributed by atoms with Crippen LogP contribution in [0.5, 0.6) is 0 Å². The van der Waals surface area contributed by atoms with Crippen LogP contribution in [-0.4, -0.2) is 17.1 Å². The van der Waals surface area contributed by atoms with Gasteiger partial charge in [0.2, 0.25) is 0 Å². The molecule has 3 nitrogen and oxygen atoms in total. The molecule has 100 valence electrons. The molecule has 0 aliphatic heterocycles. The summed E-state index contributed by atoms with van der Waals surface area (Å²) in [5.74, 6) is -0.280. The van der Waals surface area contributed by atoms with Gasteiger partial charge in [-0.3, -0.25) is 4.98 Å². The Morgan fingerprint density at radius 1 is 1.39 bits per heavy atom. The number of hydrogen-bond donors (Lipinski definition) is 2. The highest BCUT2D eigenvalue weighted by molar-refractivity contribution is 5.10. The Morgan fingerprint density at radius 3 is 2.67 bits per heavy atom. The topological polar surface area (TPSA) is 50.9 Å². The monoisotopic (exact) mass is 251 g/mol. The summed E-state index contributed by atoms with van der Waals surface area (Å²) < 4.78 is 12.9. The van der Waals surface area contributed by atoms with E-state index in [1.54, 1.807) is 6.07 Å². The van der Waals surface area contributed by atoms with Gasteiger partial charge in [0.05, 0.1) is 11.9 Å². The van der Waals surface area contributed by atoms with Gasteiger partial charge in [0.25, 0.3) is 0 Å². The fourth-order valence-electron chi connectivity index (χ4n) is 2.58. The Labute approximate surface area is 108 Å². The summed E-state index contributed by atoms with van der Waals surface area (Å²) in [7, 11) is 0. The Bertz CT molecular complexity index is 358. The summed E-state index contributed by atoms with van der Waals surface area (Å²) in [6, 6.07) is 4.34. The second-order valence-electron chi connectivity index (χ2n) is 5.14. The Balaban J connectivity index is 1.94. The first kappa shape index (κ1) is 13.4. The summed E-state index contributed by atoms with van der Waals surface area (Å²) in [4.78, 5) is 4.17. The number of rotatable bonds is 4. The Hall–Kier alpha value is -1.00. The highest BCUT2D eigenvalue weighted by Crippen LogP contribution is 2.22. The number of halogens is 1. The van der Waals surface area contributed by atoms with Crippen LogP contribution < -0.4 is 11.1 Å². The minimum atomic E-state index is -0.280. The molecular formula is C14H22FN3. The van der Waals surface area contributed by atoms with Crippen LogP contribution in [0.4, 0.5) is 4.39 Å². The molecule has 2 rings (SSSR count). The van der Waals surface area contributed by atoms with Crippen LogP contribution in [0.15, 0.2) is 18.3 Å². The molecule has 18 heavy (non-hydrogen) atoms. The zero-order valence-electron chi connectivity index (χ0n) is 10.9. The lowest BCUT2D eigenvalue weighted by atomic mass is 9.91. The van der Waals surface area contributed by atoms with Gasteiger partial charge >= 0.3 is 0 Å². The molecule has 4 heteroatoms. The van der Waals surface area contributed by atoms with Crippen LogP contribution in [0.1, 0.15) is 50.8 Å². The van der Waals surface area contributed by atoms with E-state index in [0.717, 1.165) is 37.8 Å². The molecule has 0 amide bonds. The zero-order valence-corrected chi connectivity index (χ0v) is 10.9. The smallest absolute Gasteiger partial charge is 0.141 e. The van der Waals surface area contributed by atoms with E-state index < -0.39 is 0 Å². The van der Waals surface area contributed by atoms with Gasteiger partial charge in [-0.15, -0.1) is 0 Å². The van der Waals surface area contributed by atoms with Crippen molar-refractivity contribution in [3.05, 3.63) is 29.8 Å². The minimum Gasteiger partial charge on any atom is -0.328 e. The van der Waals surface area contributed by atoms with Crippen molar-refractivity contribution in [2.24, 2.45) is 5.73 Å². The molecule has 1 aromatic rings. The predicted octanol–water partition coefficient (Wildman–Crippen LogP) is 2.53. The zero-order chi connectivity index (χ0) is 13.0. The highest BCUT2D eigenvalue weighted by atomic mass is 19.1. The summed E-state index contributed by atoms with van der Waals surface area (Å²) in [5, 5.41) is 3.62. The molecule has 0 aromatic carbocycles. The Morgan fingerprint density at radius 2 is 2.11 bits per heavy atom. The third kappa shape index (κ3) is 3.50. The second kappa shape index (κ2) is 6.25. The molecule has 1 unspecified atom stereocenters. The highest BCUT2D eigenvalue weighted by Gasteiger charge is 2.21. The quantitative estimate of drug-likeness (QED) is 0.864. The molecule has 1 saturated carbocycles. The van der Waals surface area contributed by atoms with E-state index in [1.807, 2.05) is 0 Å². The summed E-state index contributed by atoms with van der Waals surface area (Å²) in [5.41, 5.74) is 6.83. The first-order valence-corrected chi connectivity index (χ1v) is 6.82. The molecule has 3 N–H and O–H groups in total. The summed E-state index contributed by atoms with van der Waals surface area (Å²) in [6.45, 7) is 2.12. The molecule has 0 bridgehead atoms. The van der Waals surface area contributed by atoms with Crippen molar-refractivity contribution in [3.63, 3.8) is 0 Å². The van der Waals surface area contributed by atoms with Crippen LogP contribution in [-0.2, 0) is 0 Å². The third-order valence-electron chi connectivity index (χ3n) is 3.72. The van der Waals surface area contributed by atoms with E-state index in [4.69, 9.17) is 5.73 Å². The average molecular weight is 251 g/mol. The maximum Gasteiger partial charge on any atom is 0.141 e. The van der Waals surface area contributed by atoms with Gasteiger partial charge < -0.3 is 11.1 Å². The van der Waals surface area contributed by atoms with E-state index in [1.165, 1.54) is 12.3 Å². The fourth-order valence-corrected chi connectivity index (χ4v) is 2.58. The van der Waals surface area contributed by atoms with E-state index in [0.29, 0.717) is 12.1 Å². The fraction of sp³-hybridized carbons (Fsp3) is 0.643. The lowest BCUT2D eigenvalue weighted by molar-refractivity contribution is 0.310. The van der Waals surface area contributed by atoms with Gasteiger partial charge in [-0.05, 0) is 44.2 Å². The summed E-state index contributed by atoms with van der Waals surface area (Å²) >= 11 is 0. The van der Waals surface area contributed by atoms with E-state index in [-0.39, 0.29) is 11.9 Å². The maximum absolute atomic E-state index is 12.9. The van der Waals surface area contributed by atoms with Crippen molar-refractivity contribution in [1.29, 1.82) is 0 Å². The minimum absolute atomic E-state index is 0.213. The van der Waals surface area contributed by atoms with Crippen molar-refractivity contribution >= 4 is 0 Å². The summed E-state index contributed by atoms with van der Waals surface area (Å²) in [6.07, 6.45) is 6.67. The molecule has 1 atom stereocenters. The molecule has 1 aliphatic carbocycles. The third-order valence-corrected chi connectivity index (χ3v) is 3.72. The van der Waals surface area contributed by atoms with Crippen molar-refractivity contribution in [2.45, 2.75) is 57.2 Å². The molecule has 0 saturated heterocycles. The first-order chi connectivity index (χ1) is 8.69. The number of aromatic nitrogens is 1. The molecule has 0 radical (unpaired) electrons. The average Bonchev–Trinajstić information content (AvgIpc) is 2.39. The van der Waals surface area contributed by atoms with Crippen molar-refractivity contribution in [2.75, 3.05) is 0 Å². The second-order valence-corrected chi connectivity index (χ2v) is 5.14. The van der Waals surface area contributed by atoms with Crippen LogP contribution in [0, 0.1) is 5.82 Å². The van der Waals surface area contributed by atoms with Gasteiger partial charge in [0.1, 0.15) is 5.82 Å². The van der Waals surface area contributed by atoms with Gasteiger partial charge in [-0.1, -0.05) is 6.92 Å². The molecule has 1 aromatic heterocycles.